The molecule has 156 valence electrons. The molecule has 0 fully saturated rings. The van der Waals surface area contributed by atoms with Crippen molar-refractivity contribution in [2.45, 2.75) is 39.5 Å². The van der Waals surface area contributed by atoms with Gasteiger partial charge in [-0.2, -0.15) is 5.10 Å². The number of hydrogen-bond donors (Lipinski definition) is 2. The monoisotopic (exact) mass is 418 g/mol. The van der Waals surface area contributed by atoms with Crippen LogP contribution in [0.4, 0.5) is 0 Å². The minimum absolute atomic E-state index is 0.416. The van der Waals surface area contributed by atoms with Crippen molar-refractivity contribution in [3.8, 4) is 5.75 Å². The van der Waals surface area contributed by atoms with Gasteiger partial charge in [-0.25, -0.2) is 0 Å². The lowest BCUT2D eigenvalue weighted by atomic mass is 10.2. The Hall–Kier alpha value is -2.80. The van der Waals surface area contributed by atoms with E-state index in [9.17, 15) is 9.59 Å². The number of nitrogens with zero attached hydrogens (tertiary/aromatic N) is 2. The summed E-state index contributed by atoms with van der Waals surface area (Å²) in [4.78, 5) is 24.1. The molecule has 1 aromatic heterocycles. The van der Waals surface area contributed by atoms with E-state index in [1.165, 1.54) is 23.6 Å². The van der Waals surface area contributed by atoms with Crippen LogP contribution in [0.2, 0.25) is 5.15 Å². The predicted molar refractivity (Wildman–Crippen MR) is 114 cm³/mol. The third-order valence-electron chi connectivity index (χ3n) is 4.28. The van der Waals surface area contributed by atoms with Gasteiger partial charge >= 0.3 is 0 Å². The molecule has 0 unspecified atom stereocenters. The second kappa shape index (κ2) is 11.3. The van der Waals surface area contributed by atoms with Crippen molar-refractivity contribution < 1.29 is 14.3 Å². The molecule has 8 heteroatoms. The lowest BCUT2D eigenvalue weighted by molar-refractivity contribution is -0.117. The predicted octanol–water partition coefficient (Wildman–Crippen LogP) is 3.82. The van der Waals surface area contributed by atoms with Crippen molar-refractivity contribution >= 4 is 29.5 Å². The fourth-order valence-corrected chi connectivity index (χ4v) is 2.89. The Labute approximate surface area is 176 Å². The zero-order valence-electron chi connectivity index (χ0n) is 17.0. The van der Waals surface area contributed by atoms with Crippen LogP contribution in [0.5, 0.6) is 5.75 Å². The number of aryl methyl sites for hydroxylation is 2. The molecular formula is C21H27ClN4O3. The van der Waals surface area contributed by atoms with E-state index in [0.29, 0.717) is 34.3 Å². The quantitative estimate of drug-likeness (QED) is 0.368. The maximum Gasteiger partial charge on any atom is 0.269 e. The average Bonchev–Trinajstić information content (AvgIpc) is 2.96. The van der Waals surface area contributed by atoms with E-state index in [-0.39, 0.29) is 0 Å². The van der Waals surface area contributed by atoms with Gasteiger partial charge in [0, 0.05) is 24.3 Å². The molecular weight excluding hydrogens is 392 g/mol. The number of nitrogens with one attached hydrogen (secondary N) is 2. The fourth-order valence-electron chi connectivity index (χ4n) is 2.65. The third kappa shape index (κ3) is 6.94. The summed E-state index contributed by atoms with van der Waals surface area (Å²) in [7, 11) is 1.72. The largest absolute Gasteiger partial charge is 0.494 e. The van der Waals surface area contributed by atoms with Crippen LogP contribution in [0.1, 0.15) is 54.2 Å². The standard InChI is InChI=1S/C21H27ClN4O3/c1-4-5-6-7-14-29-17-10-8-16(9-11-17)21(28)24-23-19(27)13-12-18-15(2)25-26(3)20(18)22/h8-13H,4-7,14H2,1-3H3,(H,23,27)(H,24,28)/b13-12+. The van der Waals surface area contributed by atoms with E-state index in [1.807, 2.05) is 0 Å². The molecule has 0 radical (unpaired) electrons. The minimum atomic E-state index is -0.482. The number of amides is 2. The van der Waals surface area contributed by atoms with Gasteiger partial charge in [-0.1, -0.05) is 37.8 Å². The normalized spacial score (nSPS) is 10.9. The van der Waals surface area contributed by atoms with E-state index in [0.717, 1.165) is 12.8 Å². The Balaban J connectivity index is 1.79. The number of hydrazine groups is 1. The molecule has 7 nitrogen and oxygen atoms in total. The first-order valence-electron chi connectivity index (χ1n) is 9.62. The minimum Gasteiger partial charge on any atom is -0.494 e. The summed E-state index contributed by atoms with van der Waals surface area (Å²) in [5.41, 5.74) is 6.49. The lowest BCUT2D eigenvalue weighted by Crippen LogP contribution is -2.40. The van der Waals surface area contributed by atoms with E-state index >= 15 is 0 Å². The number of ether oxygens (including phenoxy) is 1. The zero-order chi connectivity index (χ0) is 21.2. The topological polar surface area (TPSA) is 85.2 Å². The van der Waals surface area contributed by atoms with Crippen molar-refractivity contribution in [1.29, 1.82) is 0 Å². The highest BCUT2D eigenvalue weighted by molar-refractivity contribution is 6.31. The van der Waals surface area contributed by atoms with Crippen LogP contribution < -0.4 is 15.6 Å². The van der Waals surface area contributed by atoms with Crippen LogP contribution in [-0.2, 0) is 11.8 Å². The molecule has 0 aliphatic carbocycles. The highest BCUT2D eigenvalue weighted by Gasteiger charge is 2.09. The Morgan fingerprint density at radius 3 is 2.52 bits per heavy atom. The van der Waals surface area contributed by atoms with Gasteiger partial charge in [0.05, 0.1) is 12.3 Å². The summed E-state index contributed by atoms with van der Waals surface area (Å²) >= 11 is 6.11. The molecule has 0 aliphatic heterocycles. The molecule has 1 aromatic carbocycles. The summed E-state index contributed by atoms with van der Waals surface area (Å²) in [6.45, 7) is 4.62. The van der Waals surface area contributed by atoms with Gasteiger partial charge in [0.15, 0.2) is 0 Å². The number of unbranched alkanes of at least 4 members (excludes halogenated alkanes) is 3. The molecule has 2 aromatic rings. The lowest BCUT2D eigenvalue weighted by Gasteiger charge is -2.08. The number of carbonyl (C=O) groups excluding carboxylic acids is 2. The SMILES string of the molecule is CCCCCCOc1ccc(C(=O)NNC(=O)/C=C/c2c(C)nn(C)c2Cl)cc1. The number of rotatable bonds is 9. The van der Waals surface area contributed by atoms with Gasteiger partial charge < -0.3 is 4.74 Å². The highest BCUT2D eigenvalue weighted by atomic mass is 35.5. The van der Waals surface area contributed by atoms with Gasteiger partial charge in [-0.05, 0) is 43.7 Å². The van der Waals surface area contributed by atoms with Crippen molar-refractivity contribution in [1.82, 2.24) is 20.6 Å². The summed E-state index contributed by atoms with van der Waals surface area (Å²) in [5.74, 6) is -0.185. The summed E-state index contributed by atoms with van der Waals surface area (Å²) < 4.78 is 7.17. The first-order chi connectivity index (χ1) is 13.9. The molecule has 0 bridgehead atoms. The Bertz CT molecular complexity index is 860. The Morgan fingerprint density at radius 1 is 1.17 bits per heavy atom. The van der Waals surface area contributed by atoms with Gasteiger partial charge in [0.25, 0.3) is 11.8 Å². The second-order valence-corrected chi connectivity index (χ2v) is 6.98. The molecule has 2 N–H and O–H groups in total. The van der Waals surface area contributed by atoms with E-state index < -0.39 is 11.8 Å². The van der Waals surface area contributed by atoms with Crippen LogP contribution in [0.3, 0.4) is 0 Å². The molecule has 2 rings (SSSR count). The molecule has 0 saturated heterocycles. The van der Waals surface area contributed by atoms with Crippen LogP contribution in [0.25, 0.3) is 6.08 Å². The van der Waals surface area contributed by atoms with E-state index in [4.69, 9.17) is 16.3 Å². The smallest absolute Gasteiger partial charge is 0.269 e. The molecule has 0 atom stereocenters. The molecule has 0 aliphatic rings. The molecule has 2 amide bonds. The number of hydrogen-bond acceptors (Lipinski definition) is 4. The average molecular weight is 419 g/mol. The zero-order valence-corrected chi connectivity index (χ0v) is 17.8. The van der Waals surface area contributed by atoms with Crippen molar-refractivity contribution in [3.05, 3.63) is 52.3 Å². The van der Waals surface area contributed by atoms with Crippen LogP contribution >= 0.6 is 11.6 Å². The molecule has 29 heavy (non-hydrogen) atoms. The molecule has 1 heterocycles. The Morgan fingerprint density at radius 2 is 1.90 bits per heavy atom. The molecule has 0 spiro atoms. The van der Waals surface area contributed by atoms with Gasteiger partial charge in [-0.3, -0.25) is 25.1 Å². The second-order valence-electron chi connectivity index (χ2n) is 6.62. The highest BCUT2D eigenvalue weighted by Crippen LogP contribution is 2.19. The van der Waals surface area contributed by atoms with Gasteiger partial charge in [-0.15, -0.1) is 0 Å². The van der Waals surface area contributed by atoms with Crippen molar-refractivity contribution in [3.63, 3.8) is 0 Å². The Kier molecular flexibility index (Phi) is 8.73. The number of aromatic nitrogens is 2. The maximum absolute atomic E-state index is 12.2. The van der Waals surface area contributed by atoms with E-state index in [2.05, 4.69) is 22.9 Å². The fraction of sp³-hybridized carbons (Fsp3) is 0.381. The number of carbonyl (C=O) groups is 2. The van der Waals surface area contributed by atoms with Crippen LogP contribution in [-0.4, -0.2) is 28.2 Å². The van der Waals surface area contributed by atoms with E-state index in [1.54, 1.807) is 44.3 Å². The summed E-state index contributed by atoms with van der Waals surface area (Å²) in [6.07, 6.45) is 7.40. The van der Waals surface area contributed by atoms with Crippen molar-refractivity contribution in [2.75, 3.05) is 6.61 Å². The molecule has 0 saturated carbocycles. The van der Waals surface area contributed by atoms with Gasteiger partial charge in [0.2, 0.25) is 0 Å². The summed E-state index contributed by atoms with van der Waals surface area (Å²) in [5, 5.41) is 4.60. The van der Waals surface area contributed by atoms with Gasteiger partial charge in [0.1, 0.15) is 10.9 Å². The first kappa shape index (κ1) is 22.5. The van der Waals surface area contributed by atoms with Crippen LogP contribution in [0, 0.1) is 6.92 Å². The first-order valence-corrected chi connectivity index (χ1v) is 10.0. The number of benzene rings is 1. The van der Waals surface area contributed by atoms with Crippen molar-refractivity contribution in [2.24, 2.45) is 7.05 Å². The number of halogens is 1. The maximum atomic E-state index is 12.2. The van der Waals surface area contributed by atoms with Crippen LogP contribution in [0.15, 0.2) is 30.3 Å². The summed E-state index contributed by atoms with van der Waals surface area (Å²) in [6, 6.07) is 6.78. The third-order valence-corrected chi connectivity index (χ3v) is 4.73.